The van der Waals surface area contributed by atoms with Crippen molar-refractivity contribution in [3.63, 3.8) is 0 Å². The van der Waals surface area contributed by atoms with E-state index in [1.54, 1.807) is 18.3 Å². The maximum Gasteiger partial charge on any atom is 0.290 e. The van der Waals surface area contributed by atoms with E-state index in [-0.39, 0.29) is 5.91 Å². The zero-order valence-corrected chi connectivity index (χ0v) is 13.0. The van der Waals surface area contributed by atoms with Crippen LogP contribution in [0.15, 0.2) is 40.5 Å². The first-order valence-corrected chi connectivity index (χ1v) is 7.39. The Bertz CT molecular complexity index is 602. The van der Waals surface area contributed by atoms with Gasteiger partial charge in [0, 0.05) is 5.02 Å². The van der Waals surface area contributed by atoms with Gasteiger partial charge in [-0.1, -0.05) is 23.7 Å². The lowest BCUT2D eigenvalue weighted by atomic mass is 10.2. The molecule has 1 amide bonds. The van der Waals surface area contributed by atoms with E-state index in [1.165, 1.54) is 11.3 Å². The molecule has 0 aromatic heterocycles. The Hall–Kier alpha value is -1.37. The number of thioether (sulfide) groups is 1. The van der Waals surface area contributed by atoms with E-state index in [0.717, 1.165) is 17.3 Å². The summed E-state index contributed by atoms with van der Waals surface area (Å²) in [6, 6.07) is 7.16. The van der Waals surface area contributed by atoms with Crippen LogP contribution in [0.4, 0.5) is 0 Å². The number of benzene rings is 1. The molecule has 104 valence electrons. The van der Waals surface area contributed by atoms with Crippen LogP contribution in [0.5, 0.6) is 0 Å². The maximum atomic E-state index is 12.0. The molecule has 7 heteroatoms. The van der Waals surface area contributed by atoms with Gasteiger partial charge in [0.2, 0.25) is 0 Å². The second-order valence-corrected chi connectivity index (χ2v) is 5.83. The fraction of sp³-hybridized carbons (Fsp3) is 0.154. The van der Waals surface area contributed by atoms with Gasteiger partial charge in [-0.05, 0) is 48.6 Å². The van der Waals surface area contributed by atoms with Crippen molar-refractivity contribution >= 4 is 52.0 Å². The number of hydrogen-bond acceptors (Lipinski definition) is 5. The normalized spacial score (nSPS) is 17.5. The number of nitrogens with zero attached hydrogens (tertiary/aromatic N) is 2. The number of hydrazone groups is 1. The average molecular weight is 327 g/mol. The lowest BCUT2D eigenvalue weighted by molar-refractivity contribution is -0.122. The van der Waals surface area contributed by atoms with Gasteiger partial charge in [-0.15, -0.1) is 0 Å². The third-order valence-corrected chi connectivity index (χ3v) is 3.80. The number of halogens is 1. The quantitative estimate of drug-likeness (QED) is 0.368. The molecule has 1 aliphatic heterocycles. The van der Waals surface area contributed by atoms with E-state index < -0.39 is 0 Å². The Morgan fingerprint density at radius 2 is 2.35 bits per heavy atom. The summed E-state index contributed by atoms with van der Waals surface area (Å²) >= 11 is 12.2. The van der Waals surface area contributed by atoms with Crippen LogP contribution in [0.25, 0.3) is 0 Å². The summed E-state index contributed by atoms with van der Waals surface area (Å²) in [7, 11) is 0. The first-order valence-electron chi connectivity index (χ1n) is 5.79. The summed E-state index contributed by atoms with van der Waals surface area (Å²) in [5.41, 5.74) is 0.792. The highest BCUT2D eigenvalue weighted by Crippen LogP contribution is 2.31. The Labute approximate surface area is 131 Å². The van der Waals surface area contributed by atoms with E-state index in [4.69, 9.17) is 28.6 Å². The highest BCUT2D eigenvalue weighted by molar-refractivity contribution is 8.26. The Morgan fingerprint density at radius 1 is 1.55 bits per heavy atom. The SMILES string of the molecule is CCOC=C1SC(=S)N(N=Cc2cccc(Cl)c2)C1=O. The lowest BCUT2D eigenvalue weighted by Gasteiger charge is -2.05. The number of carbonyl (C=O) groups is 1. The Morgan fingerprint density at radius 3 is 3.05 bits per heavy atom. The van der Waals surface area contributed by atoms with Crippen LogP contribution in [0.2, 0.25) is 5.02 Å². The zero-order chi connectivity index (χ0) is 14.5. The highest BCUT2D eigenvalue weighted by Gasteiger charge is 2.32. The largest absolute Gasteiger partial charge is 0.500 e. The van der Waals surface area contributed by atoms with Crippen LogP contribution >= 0.6 is 35.6 Å². The molecule has 1 aromatic carbocycles. The molecule has 0 bridgehead atoms. The molecule has 0 saturated carbocycles. The summed E-state index contributed by atoms with van der Waals surface area (Å²) in [6.45, 7) is 2.34. The Balaban J connectivity index is 2.13. The van der Waals surface area contributed by atoms with E-state index in [9.17, 15) is 4.79 Å². The van der Waals surface area contributed by atoms with Gasteiger partial charge in [0.05, 0.1) is 12.8 Å². The maximum absolute atomic E-state index is 12.0. The van der Waals surface area contributed by atoms with Crippen LogP contribution in [0.3, 0.4) is 0 Å². The van der Waals surface area contributed by atoms with Crippen molar-refractivity contribution < 1.29 is 9.53 Å². The first kappa shape index (κ1) is 15.0. The van der Waals surface area contributed by atoms with Crippen molar-refractivity contribution in [1.82, 2.24) is 5.01 Å². The van der Waals surface area contributed by atoms with E-state index in [1.807, 2.05) is 19.1 Å². The molecule has 0 aliphatic carbocycles. The lowest BCUT2D eigenvalue weighted by Crippen LogP contribution is -2.22. The molecule has 1 aromatic rings. The van der Waals surface area contributed by atoms with Crippen LogP contribution in [0, 0.1) is 0 Å². The highest BCUT2D eigenvalue weighted by atomic mass is 35.5. The van der Waals surface area contributed by atoms with Crippen molar-refractivity contribution in [1.29, 1.82) is 0 Å². The summed E-state index contributed by atoms with van der Waals surface area (Å²) < 4.78 is 5.48. The smallest absolute Gasteiger partial charge is 0.290 e. The molecular formula is C13H11ClN2O2S2. The predicted molar refractivity (Wildman–Crippen MR) is 85.8 cm³/mol. The van der Waals surface area contributed by atoms with Gasteiger partial charge in [0.1, 0.15) is 11.2 Å². The molecule has 0 radical (unpaired) electrons. The molecule has 1 saturated heterocycles. The fourth-order valence-electron chi connectivity index (χ4n) is 1.41. The average Bonchev–Trinajstić information content (AvgIpc) is 2.69. The Kier molecular flexibility index (Phi) is 5.17. The van der Waals surface area contributed by atoms with Gasteiger partial charge in [0.15, 0.2) is 4.32 Å². The van der Waals surface area contributed by atoms with E-state index >= 15 is 0 Å². The third kappa shape index (κ3) is 3.59. The minimum atomic E-state index is -0.285. The van der Waals surface area contributed by atoms with Gasteiger partial charge in [-0.2, -0.15) is 10.1 Å². The molecule has 1 aliphatic rings. The van der Waals surface area contributed by atoms with Crippen LogP contribution in [0.1, 0.15) is 12.5 Å². The van der Waals surface area contributed by atoms with Gasteiger partial charge >= 0.3 is 0 Å². The van der Waals surface area contributed by atoms with E-state index in [0.29, 0.717) is 20.9 Å². The molecule has 2 rings (SSSR count). The topological polar surface area (TPSA) is 41.9 Å². The van der Waals surface area contributed by atoms with Gasteiger partial charge in [-0.3, -0.25) is 4.79 Å². The van der Waals surface area contributed by atoms with Crippen molar-refractivity contribution in [2.45, 2.75) is 6.92 Å². The molecule has 1 heterocycles. The number of hydrogen-bond donors (Lipinski definition) is 0. The second kappa shape index (κ2) is 6.88. The number of rotatable bonds is 4. The van der Waals surface area contributed by atoms with Crippen molar-refractivity contribution in [2.24, 2.45) is 5.10 Å². The summed E-state index contributed by atoms with van der Waals surface area (Å²) in [5.74, 6) is -0.285. The molecule has 0 unspecified atom stereocenters. The van der Waals surface area contributed by atoms with Gasteiger partial charge in [-0.25, -0.2) is 0 Å². The molecule has 1 fully saturated rings. The summed E-state index contributed by atoms with van der Waals surface area (Å²) in [6.07, 6.45) is 2.95. The second-order valence-electron chi connectivity index (χ2n) is 3.72. The third-order valence-electron chi connectivity index (χ3n) is 2.30. The number of carbonyl (C=O) groups excluding carboxylic acids is 1. The number of amides is 1. The predicted octanol–water partition coefficient (Wildman–Crippen LogP) is 3.41. The minimum absolute atomic E-state index is 0.285. The van der Waals surface area contributed by atoms with Crippen molar-refractivity contribution in [3.05, 3.63) is 46.0 Å². The summed E-state index contributed by atoms with van der Waals surface area (Å²) in [5, 5.41) is 5.88. The van der Waals surface area contributed by atoms with Crippen LogP contribution < -0.4 is 0 Å². The molecule has 0 atom stereocenters. The summed E-state index contributed by atoms with van der Waals surface area (Å²) in [4.78, 5) is 12.5. The first-order chi connectivity index (χ1) is 9.61. The van der Waals surface area contributed by atoms with Gasteiger partial charge in [0.25, 0.3) is 5.91 Å². The van der Waals surface area contributed by atoms with Crippen molar-refractivity contribution in [3.8, 4) is 0 Å². The number of thiocarbonyl (C=S) groups is 1. The molecule has 4 nitrogen and oxygen atoms in total. The van der Waals surface area contributed by atoms with Gasteiger partial charge < -0.3 is 4.74 Å². The van der Waals surface area contributed by atoms with Crippen LogP contribution in [-0.2, 0) is 9.53 Å². The standard InChI is InChI=1S/C13H11ClN2O2S2/c1-2-18-8-11-12(17)16(13(19)20-11)15-7-9-4-3-5-10(14)6-9/h3-8H,2H2,1H3. The zero-order valence-electron chi connectivity index (χ0n) is 10.6. The number of ether oxygens (including phenoxy) is 1. The van der Waals surface area contributed by atoms with Crippen molar-refractivity contribution in [2.75, 3.05) is 6.61 Å². The molecule has 0 N–H and O–H groups in total. The van der Waals surface area contributed by atoms with E-state index in [2.05, 4.69) is 5.10 Å². The fourth-order valence-corrected chi connectivity index (χ4v) is 2.71. The monoisotopic (exact) mass is 326 g/mol. The molecular weight excluding hydrogens is 316 g/mol. The molecule has 20 heavy (non-hydrogen) atoms. The van der Waals surface area contributed by atoms with Crippen LogP contribution in [-0.4, -0.2) is 28.1 Å². The minimum Gasteiger partial charge on any atom is -0.500 e. The molecule has 0 spiro atoms.